The minimum absolute atomic E-state index is 0.441. The molecule has 2 atom stereocenters. The molecule has 0 heterocycles. The Hall–Kier alpha value is 0.600. The Bertz CT molecular complexity index is 265. The van der Waals surface area contributed by atoms with Gasteiger partial charge in [0.25, 0.3) is 0 Å². The van der Waals surface area contributed by atoms with E-state index in [0.29, 0.717) is 10.8 Å². The second kappa shape index (κ2) is 7.04. The normalized spacial score (nSPS) is 22.3. The summed E-state index contributed by atoms with van der Waals surface area (Å²) in [5, 5.41) is 0. The molecular weight excluding hydrogens is 343 g/mol. The molecule has 0 saturated heterocycles. The van der Waals surface area contributed by atoms with Crippen molar-refractivity contribution in [3.05, 3.63) is 5.92 Å². The Morgan fingerprint density at radius 3 is 2.16 bits per heavy atom. The van der Waals surface area contributed by atoms with Crippen LogP contribution in [0.2, 0.25) is 0 Å². The van der Waals surface area contributed by atoms with Crippen molar-refractivity contribution >= 4 is 22.6 Å². The number of hydrogen-bond donors (Lipinski definition) is 0. The van der Waals surface area contributed by atoms with Crippen LogP contribution in [0.3, 0.4) is 0 Å². The van der Waals surface area contributed by atoms with Crippen LogP contribution in [0, 0.1) is 28.6 Å². The summed E-state index contributed by atoms with van der Waals surface area (Å²) >= 11 is 2.53. The maximum Gasteiger partial charge on any atom is 0.140 e. The van der Waals surface area contributed by atoms with E-state index in [2.05, 4.69) is 64.1 Å². The third kappa shape index (κ3) is 4.04. The van der Waals surface area contributed by atoms with E-state index in [0.717, 1.165) is 11.8 Å². The molecule has 1 rings (SSSR count). The van der Waals surface area contributed by atoms with Gasteiger partial charge in [-0.15, -0.1) is 0 Å². The minimum atomic E-state index is 0.441. The molecule has 0 amide bonds. The first kappa shape index (κ1) is 17.7. The average Bonchev–Trinajstić information content (AvgIpc) is 2.91. The van der Waals surface area contributed by atoms with Crippen LogP contribution in [0.5, 0.6) is 0 Å². The molecule has 0 aromatic carbocycles. The van der Waals surface area contributed by atoms with Crippen LogP contribution >= 0.6 is 22.6 Å². The van der Waals surface area contributed by atoms with Gasteiger partial charge in [0.15, 0.2) is 0 Å². The van der Waals surface area contributed by atoms with Crippen LogP contribution in [0.15, 0.2) is 0 Å². The van der Waals surface area contributed by atoms with E-state index in [1.807, 2.05) is 0 Å². The van der Waals surface area contributed by atoms with E-state index in [1.165, 1.54) is 43.0 Å². The van der Waals surface area contributed by atoms with Crippen LogP contribution < -0.4 is 0 Å². The fourth-order valence-corrected chi connectivity index (χ4v) is 4.71. The summed E-state index contributed by atoms with van der Waals surface area (Å²) in [6.45, 7) is 14.8. The second-order valence-electron chi connectivity index (χ2n) is 7.74. The maximum atomic E-state index is 2.53. The molecule has 19 heavy (non-hydrogen) atoms. The lowest BCUT2D eigenvalue weighted by Crippen LogP contribution is -2.35. The average molecular weight is 377 g/mol. The minimum Gasteiger partial charge on any atom is -0.0618 e. The highest BCUT2D eigenvalue weighted by atomic mass is 127. The molecule has 0 aromatic rings. The summed E-state index contributed by atoms with van der Waals surface area (Å²) < 4.78 is 1.21. The Labute approximate surface area is 135 Å². The van der Waals surface area contributed by atoms with Crippen LogP contribution in [0.1, 0.15) is 80.1 Å². The number of rotatable bonds is 7. The zero-order valence-electron chi connectivity index (χ0n) is 14.0. The number of hydrogen-bond acceptors (Lipinski definition) is 0. The van der Waals surface area contributed by atoms with E-state index >= 15 is 0 Å². The first-order valence-corrected chi connectivity index (χ1v) is 9.69. The summed E-state index contributed by atoms with van der Waals surface area (Å²) in [5.41, 5.74) is 0.953. The van der Waals surface area contributed by atoms with Crippen molar-refractivity contribution in [3.8, 4) is 0 Å². The summed E-state index contributed by atoms with van der Waals surface area (Å²) in [5.74, 6) is 3.46. The molecule has 1 aliphatic carbocycles. The molecule has 0 aliphatic heterocycles. The molecule has 0 bridgehead atoms. The quantitative estimate of drug-likeness (QED) is 0.264. The van der Waals surface area contributed by atoms with Gasteiger partial charge in [0.2, 0.25) is 0 Å². The maximum absolute atomic E-state index is 2.53. The van der Waals surface area contributed by atoms with E-state index in [9.17, 15) is 0 Å². The number of halogens is 1. The Morgan fingerprint density at radius 1 is 1.21 bits per heavy atom. The van der Waals surface area contributed by atoms with Crippen molar-refractivity contribution in [3.63, 3.8) is 0 Å². The predicted octanol–water partition coefficient (Wildman–Crippen LogP) is 6.67. The van der Waals surface area contributed by atoms with Gasteiger partial charge in [0, 0.05) is 0 Å². The smallest absolute Gasteiger partial charge is 0.0618 e. The summed E-state index contributed by atoms with van der Waals surface area (Å²) in [6.07, 6.45) is 8.51. The second-order valence-corrected chi connectivity index (χ2v) is 8.50. The number of alkyl halides is 1. The molecule has 1 saturated carbocycles. The third-order valence-electron chi connectivity index (χ3n) is 6.45. The van der Waals surface area contributed by atoms with Gasteiger partial charge in [-0.05, 0) is 72.4 Å². The van der Waals surface area contributed by atoms with E-state index in [1.54, 1.807) is 5.92 Å². The van der Waals surface area contributed by atoms with Crippen molar-refractivity contribution in [2.24, 2.45) is 22.7 Å². The lowest BCUT2D eigenvalue weighted by molar-refractivity contribution is 0.0865. The van der Waals surface area contributed by atoms with E-state index in [-0.39, 0.29) is 0 Å². The summed E-state index contributed by atoms with van der Waals surface area (Å²) in [6, 6.07) is 0. The van der Waals surface area contributed by atoms with Crippen LogP contribution in [-0.2, 0) is 0 Å². The summed E-state index contributed by atoms with van der Waals surface area (Å²) in [7, 11) is 0. The Kier molecular flexibility index (Phi) is 6.54. The zero-order valence-corrected chi connectivity index (χ0v) is 16.1. The van der Waals surface area contributed by atoms with Gasteiger partial charge in [0.05, 0.1) is 6.92 Å². The molecule has 1 fully saturated rings. The lowest BCUT2D eigenvalue weighted by Gasteiger charge is -2.41. The summed E-state index contributed by atoms with van der Waals surface area (Å²) in [4.78, 5) is 0. The van der Waals surface area contributed by atoms with Gasteiger partial charge in [0.1, 0.15) is 15.8 Å². The van der Waals surface area contributed by atoms with Crippen molar-refractivity contribution in [1.82, 2.24) is 0 Å². The van der Waals surface area contributed by atoms with Crippen molar-refractivity contribution in [2.75, 3.05) is 4.43 Å². The first-order chi connectivity index (χ1) is 8.78. The van der Waals surface area contributed by atoms with Crippen molar-refractivity contribution in [2.45, 2.75) is 80.1 Å². The van der Waals surface area contributed by atoms with E-state index in [4.69, 9.17) is 0 Å². The van der Waals surface area contributed by atoms with E-state index < -0.39 is 0 Å². The van der Waals surface area contributed by atoms with Gasteiger partial charge in [-0.2, -0.15) is 0 Å². The highest BCUT2D eigenvalue weighted by Crippen LogP contribution is 2.50. The Balaban J connectivity index is 2.73. The standard InChI is InChI=1S/C18H34I/c1-7-18(6,15(3)13-19)12-14(2)17(4,5)16-10-8-9-11-16/h14,16H,7-13H2,1-6H3/q+1. The lowest BCUT2D eigenvalue weighted by atomic mass is 9.61. The van der Waals surface area contributed by atoms with Gasteiger partial charge in [-0.1, -0.05) is 40.5 Å². The molecular formula is C18H34I+. The van der Waals surface area contributed by atoms with Gasteiger partial charge < -0.3 is 0 Å². The van der Waals surface area contributed by atoms with Gasteiger partial charge in [-0.25, -0.2) is 0 Å². The molecule has 0 N–H and O–H groups in total. The predicted molar refractivity (Wildman–Crippen MR) is 95.7 cm³/mol. The molecule has 0 radical (unpaired) electrons. The molecule has 2 unspecified atom stereocenters. The third-order valence-corrected chi connectivity index (χ3v) is 7.59. The highest BCUT2D eigenvalue weighted by Gasteiger charge is 2.44. The monoisotopic (exact) mass is 377 g/mol. The molecule has 0 aromatic heterocycles. The topological polar surface area (TPSA) is 0 Å². The Morgan fingerprint density at radius 2 is 1.74 bits per heavy atom. The van der Waals surface area contributed by atoms with Gasteiger partial charge >= 0.3 is 0 Å². The molecule has 1 heteroatoms. The SMILES string of the molecule is CCC(C)(CC(C)C(C)(C)C1CCCC1)[C+](C)CI. The molecule has 1 aliphatic rings. The largest absolute Gasteiger partial charge is 0.140 e. The molecule has 0 nitrogen and oxygen atoms in total. The van der Waals surface area contributed by atoms with Crippen LogP contribution in [-0.4, -0.2) is 4.43 Å². The zero-order chi connectivity index (χ0) is 14.7. The fraction of sp³-hybridized carbons (Fsp3) is 0.944. The first-order valence-electron chi connectivity index (χ1n) is 8.16. The fourth-order valence-electron chi connectivity index (χ4n) is 3.79. The van der Waals surface area contributed by atoms with Crippen LogP contribution in [0.25, 0.3) is 0 Å². The van der Waals surface area contributed by atoms with Crippen molar-refractivity contribution < 1.29 is 0 Å². The molecule has 0 spiro atoms. The van der Waals surface area contributed by atoms with Crippen LogP contribution in [0.4, 0.5) is 0 Å². The molecule has 112 valence electrons. The van der Waals surface area contributed by atoms with Gasteiger partial charge in [-0.3, -0.25) is 0 Å². The highest BCUT2D eigenvalue weighted by molar-refractivity contribution is 14.1. The van der Waals surface area contributed by atoms with Crippen molar-refractivity contribution in [1.29, 1.82) is 0 Å².